The zero-order chi connectivity index (χ0) is 11.7. The predicted octanol–water partition coefficient (Wildman–Crippen LogP) is 2.36. The van der Waals surface area contributed by atoms with Crippen LogP contribution in [0.15, 0.2) is 0 Å². The molecule has 0 aromatic heterocycles. The van der Waals surface area contributed by atoms with Crippen LogP contribution in [0.25, 0.3) is 0 Å². The first-order valence-corrected chi connectivity index (χ1v) is 5.90. The van der Waals surface area contributed by atoms with Crippen molar-refractivity contribution in [1.82, 2.24) is 5.32 Å². The third kappa shape index (κ3) is 6.50. The SMILES string of the molecule is CCNC(=O)C(C)(C)CCCCOCC. The van der Waals surface area contributed by atoms with Crippen LogP contribution in [-0.2, 0) is 9.53 Å². The largest absolute Gasteiger partial charge is 0.382 e. The fraction of sp³-hybridized carbons (Fsp3) is 0.917. The Hall–Kier alpha value is -0.570. The quantitative estimate of drug-likeness (QED) is 0.631. The second-order valence-corrected chi connectivity index (χ2v) is 4.40. The van der Waals surface area contributed by atoms with Gasteiger partial charge in [-0.2, -0.15) is 0 Å². The Balaban J connectivity index is 3.68. The maximum absolute atomic E-state index is 11.6. The van der Waals surface area contributed by atoms with Crippen LogP contribution in [0.2, 0.25) is 0 Å². The van der Waals surface area contributed by atoms with Gasteiger partial charge in [0.15, 0.2) is 0 Å². The molecule has 0 heterocycles. The van der Waals surface area contributed by atoms with Gasteiger partial charge >= 0.3 is 0 Å². The van der Waals surface area contributed by atoms with Crippen molar-refractivity contribution >= 4 is 5.91 Å². The molecule has 0 bridgehead atoms. The highest BCUT2D eigenvalue weighted by atomic mass is 16.5. The minimum absolute atomic E-state index is 0.154. The minimum atomic E-state index is -0.248. The van der Waals surface area contributed by atoms with E-state index in [0.717, 1.165) is 32.5 Å². The summed E-state index contributed by atoms with van der Waals surface area (Å²) in [5, 5.41) is 2.87. The van der Waals surface area contributed by atoms with Crippen molar-refractivity contribution in [3.8, 4) is 0 Å². The molecule has 0 atom stereocenters. The highest BCUT2D eigenvalue weighted by molar-refractivity contribution is 5.81. The van der Waals surface area contributed by atoms with Gasteiger partial charge in [-0.1, -0.05) is 20.3 Å². The Morgan fingerprint density at radius 2 is 1.93 bits per heavy atom. The molecule has 0 spiro atoms. The van der Waals surface area contributed by atoms with Crippen LogP contribution in [0.4, 0.5) is 0 Å². The van der Waals surface area contributed by atoms with E-state index in [4.69, 9.17) is 4.74 Å². The maximum Gasteiger partial charge on any atom is 0.225 e. The molecule has 1 N–H and O–H groups in total. The smallest absolute Gasteiger partial charge is 0.225 e. The maximum atomic E-state index is 11.6. The van der Waals surface area contributed by atoms with Crippen LogP contribution in [-0.4, -0.2) is 25.7 Å². The Morgan fingerprint density at radius 3 is 2.47 bits per heavy atom. The average molecular weight is 215 g/mol. The summed E-state index contributed by atoms with van der Waals surface area (Å²) in [7, 11) is 0. The van der Waals surface area contributed by atoms with Gasteiger partial charge in [-0.3, -0.25) is 4.79 Å². The van der Waals surface area contributed by atoms with Gasteiger partial charge in [0.25, 0.3) is 0 Å². The Labute approximate surface area is 93.6 Å². The Morgan fingerprint density at radius 1 is 1.27 bits per heavy atom. The first-order valence-electron chi connectivity index (χ1n) is 5.90. The lowest BCUT2D eigenvalue weighted by Crippen LogP contribution is -2.36. The topological polar surface area (TPSA) is 38.3 Å². The molecule has 0 unspecified atom stereocenters. The fourth-order valence-electron chi connectivity index (χ4n) is 1.43. The zero-order valence-corrected chi connectivity index (χ0v) is 10.6. The summed E-state index contributed by atoms with van der Waals surface area (Å²) in [6.07, 6.45) is 3.01. The number of carbonyl (C=O) groups excluding carboxylic acids is 1. The molecule has 0 saturated carbocycles. The van der Waals surface area contributed by atoms with E-state index in [-0.39, 0.29) is 11.3 Å². The van der Waals surface area contributed by atoms with Crippen LogP contribution in [0.5, 0.6) is 0 Å². The molecule has 0 aliphatic carbocycles. The fourth-order valence-corrected chi connectivity index (χ4v) is 1.43. The highest BCUT2D eigenvalue weighted by Gasteiger charge is 2.25. The van der Waals surface area contributed by atoms with Crippen molar-refractivity contribution in [2.75, 3.05) is 19.8 Å². The lowest BCUT2D eigenvalue weighted by molar-refractivity contribution is -0.129. The van der Waals surface area contributed by atoms with E-state index in [9.17, 15) is 4.79 Å². The molecule has 0 aromatic rings. The standard InChI is InChI=1S/C12H25NO2/c1-5-13-11(14)12(3,4)9-7-8-10-15-6-2/h5-10H2,1-4H3,(H,13,14). The first-order chi connectivity index (χ1) is 7.04. The molecule has 0 fully saturated rings. The van der Waals surface area contributed by atoms with E-state index in [2.05, 4.69) is 5.32 Å². The van der Waals surface area contributed by atoms with E-state index in [1.807, 2.05) is 27.7 Å². The van der Waals surface area contributed by atoms with Gasteiger partial charge < -0.3 is 10.1 Å². The van der Waals surface area contributed by atoms with E-state index in [1.165, 1.54) is 0 Å². The van der Waals surface area contributed by atoms with Crippen molar-refractivity contribution < 1.29 is 9.53 Å². The van der Waals surface area contributed by atoms with Gasteiger partial charge in [-0.15, -0.1) is 0 Å². The Bertz CT molecular complexity index is 178. The second kappa shape index (κ2) is 7.69. The summed E-state index contributed by atoms with van der Waals surface area (Å²) in [4.78, 5) is 11.6. The summed E-state index contributed by atoms with van der Waals surface area (Å²) >= 11 is 0. The number of hydrogen-bond donors (Lipinski definition) is 1. The van der Waals surface area contributed by atoms with Crippen LogP contribution < -0.4 is 5.32 Å². The number of amides is 1. The van der Waals surface area contributed by atoms with Crippen LogP contribution >= 0.6 is 0 Å². The summed E-state index contributed by atoms with van der Waals surface area (Å²) in [5.41, 5.74) is -0.248. The third-order valence-electron chi connectivity index (χ3n) is 2.50. The monoisotopic (exact) mass is 215 g/mol. The van der Waals surface area contributed by atoms with Crippen LogP contribution in [0.1, 0.15) is 47.0 Å². The number of unbranched alkanes of at least 4 members (excludes halogenated alkanes) is 1. The predicted molar refractivity (Wildman–Crippen MR) is 62.8 cm³/mol. The summed E-state index contributed by atoms with van der Waals surface area (Å²) in [5.74, 6) is 0.154. The molecule has 15 heavy (non-hydrogen) atoms. The molecule has 90 valence electrons. The molecule has 0 radical (unpaired) electrons. The lowest BCUT2D eigenvalue weighted by atomic mass is 9.86. The first kappa shape index (κ1) is 14.4. The molecule has 3 nitrogen and oxygen atoms in total. The van der Waals surface area contributed by atoms with Gasteiger partial charge in [0.1, 0.15) is 0 Å². The lowest BCUT2D eigenvalue weighted by Gasteiger charge is -2.23. The van der Waals surface area contributed by atoms with Crippen molar-refractivity contribution in [3.05, 3.63) is 0 Å². The number of hydrogen-bond acceptors (Lipinski definition) is 2. The van der Waals surface area contributed by atoms with Crippen LogP contribution in [0.3, 0.4) is 0 Å². The van der Waals surface area contributed by atoms with Crippen molar-refractivity contribution in [3.63, 3.8) is 0 Å². The van der Waals surface area contributed by atoms with Gasteiger partial charge in [0.2, 0.25) is 5.91 Å². The molecule has 0 rings (SSSR count). The molecular weight excluding hydrogens is 190 g/mol. The van der Waals surface area contributed by atoms with E-state index in [0.29, 0.717) is 6.54 Å². The summed E-state index contributed by atoms with van der Waals surface area (Å²) < 4.78 is 5.26. The van der Waals surface area contributed by atoms with E-state index < -0.39 is 0 Å². The van der Waals surface area contributed by atoms with Gasteiger partial charge in [-0.25, -0.2) is 0 Å². The summed E-state index contributed by atoms with van der Waals surface area (Å²) in [6, 6.07) is 0. The van der Waals surface area contributed by atoms with Gasteiger partial charge in [0.05, 0.1) is 0 Å². The molecule has 0 aliphatic rings. The van der Waals surface area contributed by atoms with Crippen molar-refractivity contribution in [2.45, 2.75) is 47.0 Å². The van der Waals surface area contributed by atoms with Gasteiger partial charge in [-0.05, 0) is 26.7 Å². The molecule has 0 aromatic carbocycles. The third-order valence-corrected chi connectivity index (χ3v) is 2.50. The second-order valence-electron chi connectivity index (χ2n) is 4.40. The molecule has 1 amide bonds. The summed E-state index contributed by atoms with van der Waals surface area (Å²) in [6.45, 7) is 10.2. The number of carbonyl (C=O) groups is 1. The zero-order valence-electron chi connectivity index (χ0n) is 10.6. The highest BCUT2D eigenvalue weighted by Crippen LogP contribution is 2.23. The Kier molecular flexibility index (Phi) is 7.39. The van der Waals surface area contributed by atoms with E-state index in [1.54, 1.807) is 0 Å². The van der Waals surface area contributed by atoms with E-state index >= 15 is 0 Å². The minimum Gasteiger partial charge on any atom is -0.382 e. The van der Waals surface area contributed by atoms with Crippen molar-refractivity contribution in [2.24, 2.45) is 5.41 Å². The van der Waals surface area contributed by atoms with Gasteiger partial charge in [0, 0.05) is 25.2 Å². The van der Waals surface area contributed by atoms with Crippen LogP contribution in [0, 0.1) is 5.41 Å². The number of ether oxygens (including phenoxy) is 1. The molecule has 0 saturated heterocycles. The van der Waals surface area contributed by atoms with Crippen molar-refractivity contribution in [1.29, 1.82) is 0 Å². The average Bonchev–Trinajstić information content (AvgIpc) is 2.18. The molecule has 3 heteroatoms. The number of nitrogens with one attached hydrogen (secondary N) is 1. The molecule has 0 aliphatic heterocycles. The molecular formula is C12H25NO2. The normalized spacial score (nSPS) is 11.5. The number of rotatable bonds is 8.